The number of rotatable bonds is 27. The Labute approximate surface area is 228 Å². The molecule has 0 heterocycles. The number of unbranched alkanes of at least 4 members (excludes halogenated alkanes) is 16. The SMILES string of the molecule is CCCC/C=C\CCCCCCC(O)C(=O)NC(CO)C(O)C(O)CCCCCCCCCCCCC. The normalized spacial score (nSPS) is 15.1. The van der Waals surface area contributed by atoms with Crippen LogP contribution in [0.2, 0.25) is 0 Å². The zero-order valence-electron chi connectivity index (χ0n) is 24.2. The van der Waals surface area contributed by atoms with Crippen LogP contribution in [-0.4, -0.2) is 57.3 Å². The summed E-state index contributed by atoms with van der Waals surface area (Å²) in [5.74, 6) is -0.598. The third kappa shape index (κ3) is 21.7. The molecule has 0 bridgehead atoms. The molecule has 37 heavy (non-hydrogen) atoms. The number of aliphatic hydroxyl groups excluding tert-OH is 4. The molecule has 5 N–H and O–H groups in total. The van der Waals surface area contributed by atoms with E-state index in [0.717, 1.165) is 57.8 Å². The van der Waals surface area contributed by atoms with Gasteiger partial charge in [0.2, 0.25) is 5.91 Å². The average molecular weight is 528 g/mol. The molecular formula is C31H61NO5. The molecule has 0 aromatic heterocycles. The first-order chi connectivity index (χ1) is 18.0. The Morgan fingerprint density at radius 2 is 1.11 bits per heavy atom. The van der Waals surface area contributed by atoms with Crippen LogP contribution in [0.25, 0.3) is 0 Å². The Hall–Kier alpha value is -0.950. The monoisotopic (exact) mass is 527 g/mol. The highest BCUT2D eigenvalue weighted by Gasteiger charge is 2.28. The summed E-state index contributed by atoms with van der Waals surface area (Å²) >= 11 is 0. The molecule has 6 nitrogen and oxygen atoms in total. The Morgan fingerprint density at radius 3 is 1.65 bits per heavy atom. The quantitative estimate of drug-likeness (QED) is 0.0633. The lowest BCUT2D eigenvalue weighted by atomic mass is 9.99. The van der Waals surface area contributed by atoms with Crippen molar-refractivity contribution < 1.29 is 25.2 Å². The molecule has 0 aliphatic rings. The minimum absolute atomic E-state index is 0.355. The number of hydrogen-bond acceptors (Lipinski definition) is 5. The van der Waals surface area contributed by atoms with Crippen LogP contribution in [0.3, 0.4) is 0 Å². The number of carbonyl (C=O) groups excluding carboxylic acids is 1. The van der Waals surface area contributed by atoms with Crippen molar-refractivity contribution in [1.82, 2.24) is 5.32 Å². The van der Waals surface area contributed by atoms with Crippen molar-refractivity contribution in [3.05, 3.63) is 12.2 Å². The van der Waals surface area contributed by atoms with Crippen molar-refractivity contribution in [2.75, 3.05) is 6.61 Å². The second-order valence-corrected chi connectivity index (χ2v) is 10.8. The van der Waals surface area contributed by atoms with Crippen molar-refractivity contribution in [2.45, 2.75) is 173 Å². The number of aliphatic hydroxyl groups is 4. The summed E-state index contributed by atoms with van der Waals surface area (Å²) in [7, 11) is 0. The largest absolute Gasteiger partial charge is 0.394 e. The van der Waals surface area contributed by atoms with Gasteiger partial charge in [-0.1, -0.05) is 129 Å². The Morgan fingerprint density at radius 1 is 0.649 bits per heavy atom. The second kappa shape index (κ2) is 26.6. The fourth-order valence-corrected chi connectivity index (χ4v) is 4.62. The predicted octanol–water partition coefficient (Wildman–Crippen LogP) is 6.33. The number of allylic oxidation sites excluding steroid dienone is 2. The Bertz CT molecular complexity index is 528. The fourth-order valence-electron chi connectivity index (χ4n) is 4.62. The zero-order chi connectivity index (χ0) is 27.6. The first kappa shape index (κ1) is 36.0. The molecule has 1 amide bonds. The van der Waals surface area contributed by atoms with E-state index in [0.29, 0.717) is 12.8 Å². The van der Waals surface area contributed by atoms with Gasteiger partial charge in [0.1, 0.15) is 12.2 Å². The van der Waals surface area contributed by atoms with Crippen LogP contribution in [0.4, 0.5) is 0 Å². The van der Waals surface area contributed by atoms with E-state index < -0.39 is 36.9 Å². The maximum atomic E-state index is 12.3. The zero-order valence-corrected chi connectivity index (χ0v) is 24.2. The molecular weight excluding hydrogens is 466 g/mol. The molecule has 4 atom stereocenters. The van der Waals surface area contributed by atoms with Crippen LogP contribution in [0.1, 0.15) is 149 Å². The van der Waals surface area contributed by atoms with E-state index in [1.165, 1.54) is 64.2 Å². The smallest absolute Gasteiger partial charge is 0.249 e. The van der Waals surface area contributed by atoms with Crippen LogP contribution < -0.4 is 5.32 Å². The van der Waals surface area contributed by atoms with Crippen molar-refractivity contribution in [2.24, 2.45) is 0 Å². The van der Waals surface area contributed by atoms with E-state index in [-0.39, 0.29) is 0 Å². The van der Waals surface area contributed by atoms with E-state index in [9.17, 15) is 25.2 Å². The van der Waals surface area contributed by atoms with Crippen LogP contribution in [-0.2, 0) is 4.79 Å². The number of amides is 1. The first-order valence-corrected chi connectivity index (χ1v) is 15.6. The van der Waals surface area contributed by atoms with Crippen molar-refractivity contribution in [3.63, 3.8) is 0 Å². The summed E-state index contributed by atoms with van der Waals surface area (Å²) in [4.78, 5) is 12.3. The second-order valence-electron chi connectivity index (χ2n) is 10.8. The molecule has 0 radical (unpaired) electrons. The van der Waals surface area contributed by atoms with Crippen molar-refractivity contribution >= 4 is 5.91 Å². The van der Waals surface area contributed by atoms with Gasteiger partial charge in [-0.05, 0) is 32.1 Å². The lowest BCUT2D eigenvalue weighted by Crippen LogP contribution is -2.53. The maximum Gasteiger partial charge on any atom is 0.249 e. The number of hydrogen-bond donors (Lipinski definition) is 5. The van der Waals surface area contributed by atoms with E-state index in [4.69, 9.17) is 0 Å². The highest BCUT2D eigenvalue weighted by molar-refractivity contribution is 5.80. The molecule has 0 fully saturated rings. The van der Waals surface area contributed by atoms with Gasteiger partial charge in [-0.25, -0.2) is 0 Å². The lowest BCUT2D eigenvalue weighted by Gasteiger charge is -2.27. The number of carbonyl (C=O) groups is 1. The van der Waals surface area contributed by atoms with E-state index >= 15 is 0 Å². The lowest BCUT2D eigenvalue weighted by molar-refractivity contribution is -0.132. The van der Waals surface area contributed by atoms with Gasteiger partial charge in [-0.2, -0.15) is 0 Å². The van der Waals surface area contributed by atoms with Gasteiger partial charge in [0.25, 0.3) is 0 Å². The third-order valence-electron chi connectivity index (χ3n) is 7.23. The van der Waals surface area contributed by atoms with Gasteiger partial charge in [0, 0.05) is 0 Å². The molecule has 0 aromatic carbocycles. The highest BCUT2D eigenvalue weighted by Crippen LogP contribution is 2.15. The van der Waals surface area contributed by atoms with E-state index in [2.05, 4.69) is 31.3 Å². The maximum absolute atomic E-state index is 12.3. The average Bonchev–Trinajstić information content (AvgIpc) is 2.90. The number of nitrogens with one attached hydrogen (secondary N) is 1. The molecule has 0 spiro atoms. The third-order valence-corrected chi connectivity index (χ3v) is 7.23. The Balaban J connectivity index is 3.93. The summed E-state index contributed by atoms with van der Waals surface area (Å²) in [6.45, 7) is 3.94. The Kier molecular flexibility index (Phi) is 26.0. The molecule has 0 saturated heterocycles. The van der Waals surface area contributed by atoms with Crippen LogP contribution in [0.5, 0.6) is 0 Å². The molecule has 0 aromatic rings. The van der Waals surface area contributed by atoms with Gasteiger partial charge in [-0.15, -0.1) is 0 Å². The van der Waals surface area contributed by atoms with E-state index in [1.54, 1.807) is 0 Å². The van der Waals surface area contributed by atoms with Gasteiger partial charge < -0.3 is 25.7 Å². The van der Waals surface area contributed by atoms with Crippen LogP contribution in [0, 0.1) is 0 Å². The molecule has 220 valence electrons. The molecule has 0 aliphatic heterocycles. The van der Waals surface area contributed by atoms with Crippen molar-refractivity contribution in [3.8, 4) is 0 Å². The van der Waals surface area contributed by atoms with Gasteiger partial charge in [0.05, 0.1) is 18.8 Å². The summed E-state index contributed by atoms with van der Waals surface area (Å²) in [6.07, 6.45) is 23.7. The molecule has 0 saturated carbocycles. The molecule has 0 rings (SSSR count). The molecule has 4 unspecified atom stereocenters. The minimum Gasteiger partial charge on any atom is -0.394 e. The van der Waals surface area contributed by atoms with Crippen LogP contribution in [0.15, 0.2) is 12.2 Å². The fraction of sp³-hybridized carbons (Fsp3) is 0.903. The molecule has 6 heteroatoms. The minimum atomic E-state index is -1.25. The summed E-state index contributed by atoms with van der Waals surface area (Å²) in [5, 5.41) is 43.1. The van der Waals surface area contributed by atoms with Crippen LogP contribution >= 0.6 is 0 Å². The summed E-state index contributed by atoms with van der Waals surface area (Å²) in [5.41, 5.74) is 0. The van der Waals surface area contributed by atoms with E-state index in [1.807, 2.05) is 0 Å². The topological polar surface area (TPSA) is 110 Å². The van der Waals surface area contributed by atoms with Gasteiger partial charge in [-0.3, -0.25) is 4.79 Å². The highest BCUT2D eigenvalue weighted by atomic mass is 16.3. The summed E-state index contributed by atoms with van der Waals surface area (Å²) in [6, 6.07) is -0.982. The summed E-state index contributed by atoms with van der Waals surface area (Å²) < 4.78 is 0. The van der Waals surface area contributed by atoms with Gasteiger partial charge >= 0.3 is 0 Å². The predicted molar refractivity (Wildman–Crippen MR) is 154 cm³/mol. The molecule has 0 aliphatic carbocycles. The first-order valence-electron chi connectivity index (χ1n) is 15.6. The standard InChI is InChI=1S/C31H61NO5/c1-3-5-7-9-11-13-15-17-18-20-22-24-28(34)30(36)27(26-33)32-31(37)29(35)25-23-21-19-16-14-12-10-8-6-4-2/h10,12,27-30,33-36H,3-9,11,13-26H2,1-2H3,(H,32,37)/b12-10-. The van der Waals surface area contributed by atoms with Gasteiger partial charge in [0.15, 0.2) is 0 Å². The van der Waals surface area contributed by atoms with Crippen molar-refractivity contribution in [1.29, 1.82) is 0 Å².